The topological polar surface area (TPSA) is 84.7 Å². The molecule has 24 heavy (non-hydrogen) atoms. The van der Waals surface area contributed by atoms with Gasteiger partial charge in [-0.2, -0.15) is 0 Å². The van der Waals surface area contributed by atoms with E-state index in [1.54, 1.807) is 36.3 Å². The van der Waals surface area contributed by atoms with Crippen molar-refractivity contribution in [1.82, 2.24) is 15.2 Å². The number of carbonyl (C=O) groups is 2. The van der Waals surface area contributed by atoms with Gasteiger partial charge < -0.3 is 19.4 Å². The molecule has 1 heterocycles. The van der Waals surface area contributed by atoms with Gasteiger partial charge in [0.2, 0.25) is 5.89 Å². The zero-order chi connectivity index (χ0) is 17.5. The fourth-order valence-electron chi connectivity index (χ4n) is 2.15. The van der Waals surface area contributed by atoms with Crippen molar-refractivity contribution in [3.05, 3.63) is 47.7 Å². The summed E-state index contributed by atoms with van der Waals surface area (Å²) >= 11 is 0. The van der Waals surface area contributed by atoms with Crippen LogP contribution in [0.1, 0.15) is 40.6 Å². The lowest BCUT2D eigenvalue weighted by Crippen LogP contribution is -2.30. The summed E-state index contributed by atoms with van der Waals surface area (Å²) in [5, 5.41) is 2.65. The molecule has 0 atom stereocenters. The Morgan fingerprint density at radius 1 is 1.25 bits per heavy atom. The van der Waals surface area contributed by atoms with Gasteiger partial charge in [-0.1, -0.05) is 0 Å². The first-order valence-electron chi connectivity index (χ1n) is 7.75. The summed E-state index contributed by atoms with van der Waals surface area (Å²) in [6, 6.07) is 6.89. The van der Waals surface area contributed by atoms with Gasteiger partial charge in [-0.3, -0.25) is 9.59 Å². The lowest BCUT2D eigenvalue weighted by atomic mass is 10.2. The summed E-state index contributed by atoms with van der Waals surface area (Å²) in [4.78, 5) is 30.0. The van der Waals surface area contributed by atoms with Gasteiger partial charge in [0.25, 0.3) is 11.8 Å². The van der Waals surface area contributed by atoms with E-state index in [1.165, 1.54) is 6.26 Å². The molecule has 128 valence electrons. The fourth-order valence-corrected chi connectivity index (χ4v) is 2.15. The van der Waals surface area contributed by atoms with E-state index in [9.17, 15) is 9.59 Å². The average Bonchev–Trinajstić information content (AvgIpc) is 3.08. The second-order valence-corrected chi connectivity index (χ2v) is 5.03. The van der Waals surface area contributed by atoms with Crippen LogP contribution in [0.2, 0.25) is 0 Å². The third-order valence-corrected chi connectivity index (χ3v) is 3.45. The van der Waals surface area contributed by atoms with Crippen molar-refractivity contribution in [2.24, 2.45) is 0 Å². The number of nitrogens with zero attached hydrogens (tertiary/aromatic N) is 2. The van der Waals surface area contributed by atoms with E-state index in [0.717, 1.165) is 0 Å². The Balaban J connectivity index is 2.08. The van der Waals surface area contributed by atoms with Crippen LogP contribution in [0.4, 0.5) is 0 Å². The highest BCUT2D eigenvalue weighted by atomic mass is 16.5. The molecule has 1 aromatic heterocycles. The zero-order valence-electron chi connectivity index (χ0n) is 14.0. The van der Waals surface area contributed by atoms with Gasteiger partial charge in [0.15, 0.2) is 5.69 Å². The van der Waals surface area contributed by atoms with E-state index in [-0.39, 0.29) is 24.1 Å². The summed E-state index contributed by atoms with van der Waals surface area (Å²) in [6.45, 7) is 4.89. The van der Waals surface area contributed by atoms with Crippen LogP contribution in [0.15, 0.2) is 34.9 Å². The standard InChI is InChI=1S/C17H21N3O4/c1-4-18-16(21)14-11-24-15(19-14)10-20(5-2)17(22)12-6-8-13(23-3)9-7-12/h6-9,11H,4-5,10H2,1-3H3,(H,18,21). The van der Waals surface area contributed by atoms with Gasteiger partial charge >= 0.3 is 0 Å². The summed E-state index contributed by atoms with van der Waals surface area (Å²) in [5.74, 6) is 0.573. The molecule has 0 radical (unpaired) electrons. The maximum Gasteiger partial charge on any atom is 0.273 e. The van der Waals surface area contributed by atoms with Crippen molar-refractivity contribution in [3.8, 4) is 5.75 Å². The molecule has 2 amide bonds. The van der Waals surface area contributed by atoms with Gasteiger partial charge in [-0.05, 0) is 38.1 Å². The molecule has 0 fully saturated rings. The summed E-state index contributed by atoms with van der Waals surface area (Å²) in [5.41, 5.74) is 0.757. The second-order valence-electron chi connectivity index (χ2n) is 5.03. The van der Waals surface area contributed by atoms with E-state index in [1.807, 2.05) is 13.8 Å². The molecule has 7 heteroatoms. The van der Waals surface area contributed by atoms with Gasteiger partial charge in [-0.15, -0.1) is 0 Å². The average molecular weight is 331 g/mol. The minimum Gasteiger partial charge on any atom is -0.497 e. The van der Waals surface area contributed by atoms with Crippen LogP contribution in [0.3, 0.4) is 0 Å². The van der Waals surface area contributed by atoms with Crippen molar-refractivity contribution < 1.29 is 18.7 Å². The number of nitrogens with one attached hydrogen (secondary N) is 1. The minimum absolute atomic E-state index is 0.141. The number of carbonyl (C=O) groups excluding carboxylic acids is 2. The molecule has 0 aliphatic carbocycles. The molecular formula is C17H21N3O4. The van der Waals surface area contributed by atoms with Gasteiger partial charge in [0, 0.05) is 18.7 Å². The van der Waals surface area contributed by atoms with Crippen LogP contribution in [-0.2, 0) is 6.54 Å². The molecule has 0 unspecified atom stereocenters. The van der Waals surface area contributed by atoms with E-state index in [2.05, 4.69) is 10.3 Å². The first kappa shape index (κ1) is 17.5. The van der Waals surface area contributed by atoms with Crippen LogP contribution in [0.5, 0.6) is 5.75 Å². The van der Waals surface area contributed by atoms with Gasteiger partial charge in [0.1, 0.15) is 12.0 Å². The smallest absolute Gasteiger partial charge is 0.273 e. The molecule has 0 saturated heterocycles. The van der Waals surface area contributed by atoms with Gasteiger partial charge in [-0.25, -0.2) is 4.98 Å². The molecule has 0 spiro atoms. The van der Waals surface area contributed by atoms with E-state index in [4.69, 9.17) is 9.15 Å². The first-order valence-corrected chi connectivity index (χ1v) is 7.75. The number of hydrogen-bond acceptors (Lipinski definition) is 5. The highest BCUT2D eigenvalue weighted by molar-refractivity contribution is 5.94. The van der Waals surface area contributed by atoms with Crippen molar-refractivity contribution in [2.45, 2.75) is 20.4 Å². The Bertz CT molecular complexity index is 694. The second kappa shape index (κ2) is 8.14. The van der Waals surface area contributed by atoms with Crippen LogP contribution in [-0.4, -0.2) is 41.9 Å². The lowest BCUT2D eigenvalue weighted by Gasteiger charge is -2.19. The highest BCUT2D eigenvalue weighted by Crippen LogP contribution is 2.15. The van der Waals surface area contributed by atoms with E-state index >= 15 is 0 Å². The molecule has 0 aliphatic heterocycles. The maximum atomic E-state index is 12.6. The van der Waals surface area contributed by atoms with E-state index in [0.29, 0.717) is 30.3 Å². The Morgan fingerprint density at radius 3 is 2.54 bits per heavy atom. The fraction of sp³-hybridized carbons (Fsp3) is 0.353. The lowest BCUT2D eigenvalue weighted by molar-refractivity contribution is 0.0738. The SMILES string of the molecule is CCNC(=O)c1coc(CN(CC)C(=O)c2ccc(OC)cc2)n1. The normalized spacial score (nSPS) is 10.3. The molecule has 1 aromatic carbocycles. The predicted molar refractivity (Wildman–Crippen MR) is 87.9 cm³/mol. The third-order valence-electron chi connectivity index (χ3n) is 3.45. The highest BCUT2D eigenvalue weighted by Gasteiger charge is 2.18. The number of oxazole rings is 1. The van der Waals surface area contributed by atoms with Crippen molar-refractivity contribution in [1.29, 1.82) is 0 Å². The number of amides is 2. The number of hydrogen-bond donors (Lipinski definition) is 1. The molecular weight excluding hydrogens is 310 g/mol. The number of ether oxygens (including phenoxy) is 1. The third kappa shape index (κ3) is 4.13. The Labute approximate surface area is 140 Å². The van der Waals surface area contributed by atoms with Crippen molar-refractivity contribution in [3.63, 3.8) is 0 Å². The number of benzene rings is 1. The Kier molecular flexibility index (Phi) is 5.95. The summed E-state index contributed by atoms with van der Waals surface area (Å²) in [6.07, 6.45) is 1.30. The van der Waals surface area contributed by atoms with Crippen LogP contribution >= 0.6 is 0 Å². The van der Waals surface area contributed by atoms with Crippen molar-refractivity contribution >= 4 is 11.8 Å². The molecule has 0 aliphatic rings. The number of methoxy groups -OCH3 is 1. The molecule has 1 N–H and O–H groups in total. The predicted octanol–water partition coefficient (Wildman–Crippen LogP) is 2.10. The largest absolute Gasteiger partial charge is 0.497 e. The molecule has 0 bridgehead atoms. The first-order chi connectivity index (χ1) is 11.6. The Morgan fingerprint density at radius 2 is 1.96 bits per heavy atom. The van der Waals surface area contributed by atoms with E-state index < -0.39 is 0 Å². The van der Waals surface area contributed by atoms with Crippen molar-refractivity contribution in [2.75, 3.05) is 20.2 Å². The monoisotopic (exact) mass is 331 g/mol. The number of rotatable bonds is 7. The van der Waals surface area contributed by atoms with Crippen LogP contribution in [0, 0.1) is 0 Å². The summed E-state index contributed by atoms with van der Waals surface area (Å²) in [7, 11) is 1.57. The molecule has 0 saturated carbocycles. The minimum atomic E-state index is -0.294. The zero-order valence-corrected chi connectivity index (χ0v) is 14.0. The van der Waals surface area contributed by atoms with Crippen LogP contribution in [0.25, 0.3) is 0 Å². The molecule has 7 nitrogen and oxygen atoms in total. The summed E-state index contributed by atoms with van der Waals surface area (Å²) < 4.78 is 10.4. The molecule has 2 rings (SSSR count). The Hall–Kier alpha value is -2.83. The molecule has 2 aromatic rings. The number of aromatic nitrogens is 1. The van der Waals surface area contributed by atoms with Gasteiger partial charge in [0.05, 0.1) is 13.7 Å². The van der Waals surface area contributed by atoms with Crippen LogP contribution < -0.4 is 10.1 Å². The quantitative estimate of drug-likeness (QED) is 0.840. The maximum absolute atomic E-state index is 12.6.